The van der Waals surface area contributed by atoms with Crippen molar-refractivity contribution in [2.75, 3.05) is 25.5 Å². The van der Waals surface area contributed by atoms with Gasteiger partial charge in [0, 0.05) is 36.6 Å². The van der Waals surface area contributed by atoms with E-state index in [2.05, 4.69) is 45.3 Å². The number of fused-ring (bicyclic) bond motifs is 5. The van der Waals surface area contributed by atoms with E-state index in [1.807, 2.05) is 34.7 Å². The number of nitrogens with zero attached hydrogens (tertiary/aromatic N) is 3. The first-order chi connectivity index (χ1) is 15.2. The first-order valence-corrected chi connectivity index (χ1v) is 11.3. The number of hydrogen-bond acceptors (Lipinski definition) is 5. The zero-order chi connectivity index (χ0) is 21.0. The van der Waals surface area contributed by atoms with Crippen molar-refractivity contribution in [3.8, 4) is 11.4 Å². The van der Waals surface area contributed by atoms with Gasteiger partial charge in [0.25, 0.3) is 5.91 Å². The number of likely N-dealkylation sites (tertiary alicyclic amines) is 1. The predicted molar refractivity (Wildman–Crippen MR) is 122 cm³/mol. The van der Waals surface area contributed by atoms with Crippen LogP contribution in [0.25, 0.3) is 15.9 Å². The molecule has 2 aliphatic rings. The van der Waals surface area contributed by atoms with Gasteiger partial charge in [0.05, 0.1) is 39.8 Å². The zero-order valence-electron chi connectivity index (χ0n) is 17.2. The average Bonchev–Trinajstić information content (AvgIpc) is 3.48. The van der Waals surface area contributed by atoms with E-state index < -0.39 is 0 Å². The summed E-state index contributed by atoms with van der Waals surface area (Å²) in [5.74, 6) is 0.932. The molecule has 0 saturated carbocycles. The van der Waals surface area contributed by atoms with Gasteiger partial charge in [0.15, 0.2) is 0 Å². The third-order valence-electron chi connectivity index (χ3n) is 6.56. The maximum absolute atomic E-state index is 13.2. The molecule has 2 aliphatic heterocycles. The third kappa shape index (κ3) is 2.84. The van der Waals surface area contributed by atoms with Crippen LogP contribution in [0.2, 0.25) is 0 Å². The Morgan fingerprint density at radius 3 is 2.87 bits per heavy atom. The Morgan fingerprint density at radius 2 is 2.03 bits per heavy atom. The van der Waals surface area contributed by atoms with E-state index in [0.29, 0.717) is 13.1 Å². The number of nitrogens with one attached hydrogen (secondary N) is 1. The van der Waals surface area contributed by atoms with Crippen molar-refractivity contribution in [1.82, 2.24) is 14.5 Å². The zero-order valence-corrected chi connectivity index (χ0v) is 18.0. The van der Waals surface area contributed by atoms with Crippen LogP contribution in [0.4, 0.5) is 5.69 Å². The molecule has 31 heavy (non-hydrogen) atoms. The second kappa shape index (κ2) is 6.85. The Balaban J connectivity index is 1.28. The fourth-order valence-electron chi connectivity index (χ4n) is 4.90. The number of aromatic nitrogens is 2. The summed E-state index contributed by atoms with van der Waals surface area (Å²) in [6.07, 6.45) is 3.81. The van der Waals surface area contributed by atoms with Crippen molar-refractivity contribution in [3.05, 3.63) is 71.5 Å². The van der Waals surface area contributed by atoms with Crippen molar-refractivity contribution in [2.45, 2.75) is 18.4 Å². The van der Waals surface area contributed by atoms with E-state index in [1.165, 1.54) is 5.69 Å². The van der Waals surface area contributed by atoms with E-state index in [-0.39, 0.29) is 11.4 Å². The summed E-state index contributed by atoms with van der Waals surface area (Å²) < 4.78 is 8.76. The third-order valence-corrected chi connectivity index (χ3v) is 7.35. The summed E-state index contributed by atoms with van der Waals surface area (Å²) in [4.78, 5) is 19.5. The molecule has 0 aliphatic carbocycles. The lowest BCUT2D eigenvalue weighted by Gasteiger charge is -2.46. The number of benzene rings is 2. The number of anilines is 1. The molecular weight excluding hydrogens is 408 g/mol. The van der Waals surface area contributed by atoms with E-state index >= 15 is 0 Å². The molecule has 1 N–H and O–H groups in total. The summed E-state index contributed by atoms with van der Waals surface area (Å²) in [6.45, 7) is 1.41. The monoisotopic (exact) mass is 430 g/mol. The molecule has 2 aromatic heterocycles. The van der Waals surface area contributed by atoms with Gasteiger partial charge in [-0.1, -0.05) is 0 Å². The van der Waals surface area contributed by atoms with Crippen LogP contribution in [0.5, 0.6) is 5.75 Å². The van der Waals surface area contributed by atoms with Gasteiger partial charge in [0.1, 0.15) is 5.75 Å². The second-order valence-electron chi connectivity index (χ2n) is 8.18. The van der Waals surface area contributed by atoms with Gasteiger partial charge in [-0.25, -0.2) is 4.98 Å². The number of ether oxygens (including phenoxy) is 1. The van der Waals surface area contributed by atoms with Crippen molar-refractivity contribution in [2.24, 2.45) is 0 Å². The molecule has 4 heterocycles. The Hall–Kier alpha value is -3.32. The van der Waals surface area contributed by atoms with Crippen molar-refractivity contribution < 1.29 is 9.53 Å². The van der Waals surface area contributed by atoms with Crippen LogP contribution in [0.15, 0.2) is 60.2 Å². The van der Waals surface area contributed by atoms with Crippen molar-refractivity contribution >= 4 is 33.1 Å². The highest BCUT2D eigenvalue weighted by atomic mass is 32.1. The SMILES string of the molecule is COc1ccc2c(c1)NC1(CCN(C(=O)c3ccc4ncsc4c3)CC1)c1cccn1-2. The number of rotatable bonds is 2. The molecule has 7 heteroatoms. The topological polar surface area (TPSA) is 59.4 Å². The van der Waals surface area contributed by atoms with Crippen LogP contribution in [0.3, 0.4) is 0 Å². The van der Waals surface area contributed by atoms with Crippen LogP contribution in [0.1, 0.15) is 28.9 Å². The van der Waals surface area contributed by atoms with E-state index in [9.17, 15) is 4.79 Å². The number of piperidine rings is 1. The summed E-state index contributed by atoms with van der Waals surface area (Å²) in [6, 6.07) is 16.2. The fourth-order valence-corrected chi connectivity index (χ4v) is 5.61. The molecule has 1 fully saturated rings. The van der Waals surface area contributed by atoms with Crippen LogP contribution in [0, 0.1) is 0 Å². The average molecular weight is 431 g/mol. The van der Waals surface area contributed by atoms with Crippen LogP contribution in [-0.4, -0.2) is 40.6 Å². The van der Waals surface area contributed by atoms with Gasteiger partial charge in [-0.2, -0.15) is 0 Å². The van der Waals surface area contributed by atoms with Crippen LogP contribution < -0.4 is 10.1 Å². The molecule has 1 amide bonds. The van der Waals surface area contributed by atoms with Gasteiger partial charge < -0.3 is 19.5 Å². The lowest BCUT2D eigenvalue weighted by Crippen LogP contribution is -2.51. The van der Waals surface area contributed by atoms with Crippen molar-refractivity contribution in [3.63, 3.8) is 0 Å². The lowest BCUT2D eigenvalue weighted by molar-refractivity contribution is 0.0676. The number of methoxy groups -OCH3 is 1. The minimum Gasteiger partial charge on any atom is -0.497 e. The molecule has 1 spiro atoms. The smallest absolute Gasteiger partial charge is 0.253 e. The number of carbonyl (C=O) groups is 1. The van der Waals surface area contributed by atoms with Gasteiger partial charge in [0.2, 0.25) is 0 Å². The predicted octanol–water partition coefficient (Wildman–Crippen LogP) is 4.65. The molecule has 156 valence electrons. The quantitative estimate of drug-likeness (QED) is 0.503. The molecule has 0 radical (unpaired) electrons. The van der Waals surface area contributed by atoms with Gasteiger partial charge in [-0.05, 0) is 55.3 Å². The second-order valence-corrected chi connectivity index (χ2v) is 9.07. The first kappa shape index (κ1) is 18.4. The minimum atomic E-state index is -0.193. The van der Waals surface area contributed by atoms with Gasteiger partial charge in [-0.3, -0.25) is 4.79 Å². The minimum absolute atomic E-state index is 0.0958. The van der Waals surface area contributed by atoms with Gasteiger partial charge in [-0.15, -0.1) is 11.3 Å². The van der Waals surface area contributed by atoms with Gasteiger partial charge >= 0.3 is 0 Å². The Morgan fingerprint density at radius 1 is 1.16 bits per heavy atom. The van der Waals surface area contributed by atoms with E-state index in [4.69, 9.17) is 4.74 Å². The molecule has 0 unspecified atom stereocenters. The molecule has 1 saturated heterocycles. The number of thiazole rings is 1. The number of hydrogen-bond donors (Lipinski definition) is 1. The normalized spacial score (nSPS) is 16.6. The van der Waals surface area contributed by atoms with Crippen LogP contribution in [-0.2, 0) is 5.54 Å². The fraction of sp³-hybridized carbons (Fsp3) is 0.250. The maximum atomic E-state index is 13.2. The largest absolute Gasteiger partial charge is 0.497 e. The molecule has 6 rings (SSSR count). The number of amides is 1. The highest BCUT2D eigenvalue weighted by molar-refractivity contribution is 7.16. The molecule has 0 atom stereocenters. The lowest BCUT2D eigenvalue weighted by atomic mass is 9.82. The first-order valence-electron chi connectivity index (χ1n) is 10.4. The molecule has 6 nitrogen and oxygen atoms in total. The highest BCUT2D eigenvalue weighted by Crippen LogP contribution is 2.44. The van der Waals surface area contributed by atoms with Crippen LogP contribution >= 0.6 is 11.3 Å². The highest BCUT2D eigenvalue weighted by Gasteiger charge is 2.42. The molecule has 0 bridgehead atoms. The molecule has 4 aromatic rings. The van der Waals surface area contributed by atoms with E-state index in [1.54, 1.807) is 18.4 Å². The summed E-state index contributed by atoms with van der Waals surface area (Å²) in [5.41, 5.74) is 6.76. The standard InChI is InChI=1S/C24H22N4O2S/c1-30-17-5-7-20-19(14-17)26-24(22-3-2-10-28(20)22)8-11-27(12-9-24)23(29)16-4-6-18-21(13-16)31-15-25-18/h2-7,10,13-15,26H,8-9,11-12H2,1H3. The molecule has 2 aromatic carbocycles. The Kier molecular flexibility index (Phi) is 4.08. The van der Waals surface area contributed by atoms with E-state index in [0.717, 1.165) is 45.7 Å². The number of carbonyl (C=O) groups excluding carboxylic acids is 1. The maximum Gasteiger partial charge on any atom is 0.253 e. The molecular formula is C24H22N4O2S. The van der Waals surface area contributed by atoms with Crippen molar-refractivity contribution in [1.29, 1.82) is 0 Å². The summed E-state index contributed by atoms with van der Waals surface area (Å²) in [5, 5.41) is 3.80. The Bertz CT molecular complexity index is 1300. The summed E-state index contributed by atoms with van der Waals surface area (Å²) in [7, 11) is 1.69. The summed E-state index contributed by atoms with van der Waals surface area (Å²) >= 11 is 1.57. The Labute approximate surface area is 184 Å².